The molecule has 1 atom stereocenters. The lowest BCUT2D eigenvalue weighted by Crippen LogP contribution is -2.46. The van der Waals surface area contributed by atoms with Gasteiger partial charge >= 0.3 is 0 Å². The molecule has 5 heteroatoms. The van der Waals surface area contributed by atoms with Crippen molar-refractivity contribution in [3.05, 3.63) is 29.3 Å². The largest absolute Gasteiger partial charge is 0.273 e. The highest BCUT2D eigenvalue weighted by Gasteiger charge is 2.34. The number of rotatable bonds is 1. The van der Waals surface area contributed by atoms with Crippen LogP contribution in [0.4, 0.5) is 5.69 Å². The van der Waals surface area contributed by atoms with E-state index in [4.69, 9.17) is 11.6 Å². The summed E-state index contributed by atoms with van der Waals surface area (Å²) in [5.41, 5.74) is 0.478. The van der Waals surface area contributed by atoms with Gasteiger partial charge in [0.05, 0.1) is 21.7 Å². The fraction of sp³-hybridized carbons (Fsp3) is 0.273. The molecule has 16 heavy (non-hydrogen) atoms. The van der Waals surface area contributed by atoms with Crippen molar-refractivity contribution in [1.29, 1.82) is 0 Å². The van der Waals surface area contributed by atoms with Crippen LogP contribution in [-0.4, -0.2) is 22.8 Å². The summed E-state index contributed by atoms with van der Waals surface area (Å²) in [6, 6.07) is 6.88. The zero-order valence-electron chi connectivity index (χ0n) is 8.64. The minimum Gasteiger partial charge on any atom is -0.273 e. The maximum absolute atomic E-state index is 11.9. The molecule has 1 aromatic rings. The Morgan fingerprint density at radius 1 is 1.38 bits per heavy atom. The zero-order chi connectivity index (χ0) is 11.7. The second-order valence-electron chi connectivity index (χ2n) is 3.47. The molecule has 0 bridgehead atoms. The van der Waals surface area contributed by atoms with E-state index in [1.54, 1.807) is 31.2 Å². The Balaban J connectivity index is 2.42. The number of amides is 2. The van der Waals surface area contributed by atoms with Crippen molar-refractivity contribution in [2.24, 2.45) is 0 Å². The molecule has 1 saturated heterocycles. The molecule has 1 aromatic carbocycles. The van der Waals surface area contributed by atoms with Gasteiger partial charge < -0.3 is 0 Å². The van der Waals surface area contributed by atoms with Gasteiger partial charge in [-0.1, -0.05) is 23.7 Å². The Labute approximate surface area is 103 Å². The summed E-state index contributed by atoms with van der Waals surface area (Å²) in [6.07, 6.45) is 0. The predicted octanol–water partition coefficient (Wildman–Crippen LogP) is 2.33. The number of thioether (sulfide) groups is 1. The van der Waals surface area contributed by atoms with Crippen molar-refractivity contribution in [1.82, 2.24) is 0 Å². The van der Waals surface area contributed by atoms with Crippen LogP contribution in [-0.2, 0) is 9.59 Å². The molecule has 1 aliphatic rings. The third kappa shape index (κ3) is 1.95. The summed E-state index contributed by atoms with van der Waals surface area (Å²) < 4.78 is 0. The molecule has 2 rings (SSSR count). The molecule has 0 spiro atoms. The molecular formula is C11H10ClNO2S. The summed E-state index contributed by atoms with van der Waals surface area (Å²) in [6.45, 7) is 1.79. The topological polar surface area (TPSA) is 37.4 Å². The average molecular weight is 256 g/mol. The SMILES string of the molecule is CC1SCC(=O)N(c2ccccc2Cl)C1=O. The number of nitrogens with zero attached hydrogens (tertiary/aromatic N) is 1. The van der Waals surface area contributed by atoms with E-state index in [1.165, 1.54) is 16.7 Å². The van der Waals surface area contributed by atoms with Gasteiger partial charge in [0.25, 0.3) is 0 Å². The first-order valence-corrected chi connectivity index (χ1v) is 6.27. The quantitative estimate of drug-likeness (QED) is 0.723. The third-order valence-corrected chi connectivity index (χ3v) is 3.80. The molecule has 0 aromatic heterocycles. The van der Waals surface area contributed by atoms with Crippen molar-refractivity contribution < 1.29 is 9.59 Å². The van der Waals surface area contributed by atoms with E-state index in [1.807, 2.05) is 0 Å². The zero-order valence-corrected chi connectivity index (χ0v) is 10.2. The summed E-state index contributed by atoms with van der Waals surface area (Å²) >= 11 is 7.34. The fourth-order valence-electron chi connectivity index (χ4n) is 1.52. The van der Waals surface area contributed by atoms with Gasteiger partial charge in [-0.05, 0) is 19.1 Å². The summed E-state index contributed by atoms with van der Waals surface area (Å²) in [5.74, 6) is -0.0893. The van der Waals surface area contributed by atoms with Crippen LogP contribution in [0.2, 0.25) is 5.02 Å². The van der Waals surface area contributed by atoms with Crippen LogP contribution in [0, 0.1) is 0 Å². The summed E-state index contributed by atoms with van der Waals surface area (Å²) in [7, 11) is 0. The first kappa shape index (κ1) is 11.5. The standard InChI is InChI=1S/C11H10ClNO2S/c1-7-11(15)13(10(14)6-16-7)9-5-3-2-4-8(9)12/h2-5,7H,6H2,1H3. The van der Waals surface area contributed by atoms with Crippen LogP contribution in [0.25, 0.3) is 0 Å². The van der Waals surface area contributed by atoms with E-state index < -0.39 is 0 Å². The fourth-order valence-corrected chi connectivity index (χ4v) is 2.51. The molecule has 1 aliphatic heterocycles. The van der Waals surface area contributed by atoms with E-state index in [-0.39, 0.29) is 17.1 Å². The van der Waals surface area contributed by atoms with E-state index >= 15 is 0 Å². The first-order chi connectivity index (χ1) is 7.61. The van der Waals surface area contributed by atoms with Crippen molar-refractivity contribution in [3.8, 4) is 0 Å². The predicted molar refractivity (Wildman–Crippen MR) is 65.9 cm³/mol. The van der Waals surface area contributed by atoms with Crippen LogP contribution < -0.4 is 4.90 Å². The summed E-state index contributed by atoms with van der Waals surface area (Å²) in [4.78, 5) is 24.8. The van der Waals surface area contributed by atoms with Gasteiger partial charge in [-0.3, -0.25) is 9.59 Å². The molecule has 1 fully saturated rings. The number of halogens is 1. The normalized spacial score (nSPS) is 21.4. The monoisotopic (exact) mass is 255 g/mol. The van der Waals surface area contributed by atoms with Gasteiger partial charge in [0.2, 0.25) is 11.8 Å². The lowest BCUT2D eigenvalue weighted by atomic mass is 10.2. The molecular weight excluding hydrogens is 246 g/mol. The summed E-state index contributed by atoms with van der Waals surface area (Å²) in [5, 5.41) is 0.220. The number of anilines is 1. The first-order valence-electron chi connectivity index (χ1n) is 4.84. The minimum absolute atomic E-state index is 0.200. The Kier molecular flexibility index (Phi) is 3.21. The second kappa shape index (κ2) is 4.47. The highest BCUT2D eigenvalue weighted by Crippen LogP contribution is 2.30. The molecule has 0 saturated carbocycles. The smallest absolute Gasteiger partial charge is 0.246 e. The van der Waals surface area contributed by atoms with Gasteiger partial charge in [-0.2, -0.15) is 0 Å². The van der Waals surface area contributed by atoms with Crippen molar-refractivity contribution in [2.75, 3.05) is 10.7 Å². The van der Waals surface area contributed by atoms with Crippen LogP contribution in [0.1, 0.15) is 6.92 Å². The lowest BCUT2D eigenvalue weighted by Gasteiger charge is -2.28. The van der Waals surface area contributed by atoms with Gasteiger partial charge in [0.15, 0.2) is 0 Å². The van der Waals surface area contributed by atoms with E-state index in [0.29, 0.717) is 16.5 Å². The van der Waals surface area contributed by atoms with Gasteiger partial charge in [0, 0.05) is 0 Å². The highest BCUT2D eigenvalue weighted by molar-refractivity contribution is 8.01. The van der Waals surface area contributed by atoms with Gasteiger partial charge in [-0.15, -0.1) is 11.8 Å². The Morgan fingerprint density at radius 2 is 2.06 bits per heavy atom. The van der Waals surface area contributed by atoms with Crippen LogP contribution >= 0.6 is 23.4 Å². The maximum atomic E-state index is 11.9. The number of para-hydroxylation sites is 1. The minimum atomic E-state index is -0.207. The van der Waals surface area contributed by atoms with E-state index in [0.717, 1.165) is 0 Å². The van der Waals surface area contributed by atoms with E-state index in [9.17, 15) is 9.59 Å². The highest BCUT2D eigenvalue weighted by atomic mass is 35.5. The van der Waals surface area contributed by atoms with Crippen LogP contribution in [0.5, 0.6) is 0 Å². The molecule has 84 valence electrons. The van der Waals surface area contributed by atoms with Crippen molar-refractivity contribution in [3.63, 3.8) is 0 Å². The second-order valence-corrected chi connectivity index (χ2v) is 5.21. The lowest BCUT2D eigenvalue weighted by molar-refractivity contribution is -0.125. The molecule has 2 amide bonds. The van der Waals surface area contributed by atoms with Crippen LogP contribution in [0.15, 0.2) is 24.3 Å². The average Bonchev–Trinajstić information content (AvgIpc) is 2.27. The molecule has 0 aliphatic carbocycles. The maximum Gasteiger partial charge on any atom is 0.246 e. The van der Waals surface area contributed by atoms with Gasteiger partial charge in [-0.25, -0.2) is 4.90 Å². The third-order valence-electron chi connectivity index (χ3n) is 2.37. The number of hydrogen-bond acceptors (Lipinski definition) is 3. The molecule has 3 nitrogen and oxygen atoms in total. The Bertz CT molecular complexity index is 449. The molecule has 0 N–H and O–H groups in total. The Hall–Kier alpha value is -1.00. The number of imide groups is 1. The number of hydrogen-bond donors (Lipinski definition) is 0. The number of benzene rings is 1. The van der Waals surface area contributed by atoms with E-state index in [2.05, 4.69) is 0 Å². The van der Waals surface area contributed by atoms with Gasteiger partial charge in [0.1, 0.15) is 0 Å². The molecule has 1 heterocycles. The number of carbonyl (C=O) groups excluding carboxylic acids is 2. The number of carbonyl (C=O) groups is 2. The van der Waals surface area contributed by atoms with Crippen molar-refractivity contribution in [2.45, 2.75) is 12.2 Å². The van der Waals surface area contributed by atoms with Crippen molar-refractivity contribution >= 4 is 40.9 Å². The molecule has 0 radical (unpaired) electrons. The molecule has 1 unspecified atom stereocenters. The Morgan fingerprint density at radius 3 is 2.75 bits per heavy atom. The van der Waals surface area contributed by atoms with Crippen LogP contribution in [0.3, 0.4) is 0 Å².